The summed E-state index contributed by atoms with van der Waals surface area (Å²) < 4.78 is 15.3. The number of aromatic nitrogens is 4. The number of hydrogen-bond acceptors (Lipinski definition) is 6. The lowest BCUT2D eigenvalue weighted by Gasteiger charge is -2.08. The highest BCUT2D eigenvalue weighted by molar-refractivity contribution is 5.80. The molecule has 0 saturated heterocycles. The van der Waals surface area contributed by atoms with Crippen molar-refractivity contribution in [3.8, 4) is 22.6 Å². The van der Waals surface area contributed by atoms with E-state index in [1.54, 1.807) is 36.5 Å². The molecule has 0 unspecified atom stereocenters. The quantitative estimate of drug-likeness (QED) is 0.476. The number of imidazole rings is 1. The Morgan fingerprint density at radius 3 is 2.61 bits per heavy atom. The van der Waals surface area contributed by atoms with Crippen LogP contribution in [-0.4, -0.2) is 42.7 Å². The molecule has 28 heavy (non-hydrogen) atoms. The zero-order valence-electron chi connectivity index (χ0n) is 14.9. The fraction of sp³-hybridized carbons (Fsp3) is 0.150. The average molecular weight is 379 g/mol. The number of benzene rings is 1. The van der Waals surface area contributed by atoms with Gasteiger partial charge in [-0.2, -0.15) is 0 Å². The Labute approximate surface area is 160 Å². The summed E-state index contributed by atoms with van der Waals surface area (Å²) in [7, 11) is 0. The Balaban J connectivity index is 1.92. The van der Waals surface area contributed by atoms with Crippen molar-refractivity contribution in [2.24, 2.45) is 0 Å². The second kappa shape index (κ2) is 7.71. The van der Waals surface area contributed by atoms with E-state index in [9.17, 15) is 9.50 Å². The van der Waals surface area contributed by atoms with Crippen LogP contribution in [0.4, 0.5) is 10.3 Å². The number of aliphatic hydroxyl groups excluding tert-OH is 2. The molecule has 4 rings (SSSR count). The topological polar surface area (TPSA) is 95.6 Å². The van der Waals surface area contributed by atoms with E-state index in [-0.39, 0.29) is 19.0 Å². The first-order chi connectivity index (χ1) is 13.7. The van der Waals surface area contributed by atoms with Crippen LogP contribution in [0.15, 0.2) is 54.9 Å². The minimum Gasteiger partial charge on any atom is -0.395 e. The van der Waals surface area contributed by atoms with E-state index in [1.165, 1.54) is 12.1 Å². The number of anilines is 1. The van der Waals surface area contributed by atoms with Gasteiger partial charge in [0.15, 0.2) is 0 Å². The zero-order valence-corrected chi connectivity index (χ0v) is 14.9. The van der Waals surface area contributed by atoms with Gasteiger partial charge < -0.3 is 15.5 Å². The van der Waals surface area contributed by atoms with Crippen LogP contribution in [0.25, 0.3) is 28.3 Å². The minimum atomic E-state index is -0.325. The molecule has 0 bridgehead atoms. The van der Waals surface area contributed by atoms with Gasteiger partial charge >= 0.3 is 0 Å². The number of nitrogens with one attached hydrogen (secondary N) is 1. The lowest BCUT2D eigenvalue weighted by atomic mass is 10.1. The predicted octanol–water partition coefficient (Wildman–Crippen LogP) is 2.49. The molecule has 3 heterocycles. The highest BCUT2D eigenvalue weighted by Gasteiger charge is 2.18. The number of fused-ring (bicyclic) bond motifs is 1. The summed E-state index contributed by atoms with van der Waals surface area (Å²) in [6, 6.07) is 11.5. The first-order valence-corrected chi connectivity index (χ1v) is 8.75. The summed E-state index contributed by atoms with van der Waals surface area (Å²) in [6.07, 6.45) is 3.44. The lowest BCUT2D eigenvalue weighted by molar-refractivity contribution is 0.282. The molecule has 0 aliphatic heterocycles. The van der Waals surface area contributed by atoms with Gasteiger partial charge in [-0.15, -0.1) is 0 Å². The smallest absolute Gasteiger partial charge is 0.223 e. The Bertz CT molecular complexity index is 1110. The van der Waals surface area contributed by atoms with Crippen LogP contribution < -0.4 is 5.32 Å². The summed E-state index contributed by atoms with van der Waals surface area (Å²) in [5.41, 5.74) is 4.11. The van der Waals surface area contributed by atoms with Gasteiger partial charge in [0, 0.05) is 24.5 Å². The van der Waals surface area contributed by atoms with Crippen LogP contribution in [0.2, 0.25) is 0 Å². The van der Waals surface area contributed by atoms with Crippen molar-refractivity contribution in [2.45, 2.75) is 6.61 Å². The molecule has 4 aromatic rings. The minimum absolute atomic E-state index is 0.0338. The molecule has 1 aromatic carbocycles. The van der Waals surface area contributed by atoms with E-state index in [2.05, 4.69) is 15.3 Å². The van der Waals surface area contributed by atoms with Crippen LogP contribution in [-0.2, 0) is 6.61 Å². The molecule has 3 aromatic heterocycles. The largest absolute Gasteiger partial charge is 0.395 e. The van der Waals surface area contributed by atoms with Crippen molar-refractivity contribution >= 4 is 11.6 Å². The summed E-state index contributed by atoms with van der Waals surface area (Å²) in [5.74, 6) is 0.0627. The Morgan fingerprint density at radius 2 is 1.86 bits per heavy atom. The Hall–Kier alpha value is -3.36. The van der Waals surface area contributed by atoms with Crippen LogP contribution in [0.5, 0.6) is 0 Å². The van der Waals surface area contributed by atoms with Crippen LogP contribution >= 0.6 is 0 Å². The maximum atomic E-state index is 13.4. The number of nitrogens with zero attached hydrogens (tertiary/aromatic N) is 4. The molecule has 7 nitrogen and oxygen atoms in total. The third-order valence-corrected chi connectivity index (χ3v) is 4.28. The average Bonchev–Trinajstić information content (AvgIpc) is 3.11. The van der Waals surface area contributed by atoms with E-state index in [0.717, 1.165) is 16.8 Å². The van der Waals surface area contributed by atoms with Crippen molar-refractivity contribution in [3.05, 3.63) is 66.2 Å². The number of aliphatic hydroxyl groups is 2. The summed E-state index contributed by atoms with van der Waals surface area (Å²) in [5, 5.41) is 21.4. The van der Waals surface area contributed by atoms with Gasteiger partial charge in [-0.1, -0.05) is 0 Å². The molecule has 8 heteroatoms. The number of rotatable bonds is 6. The molecule has 3 N–H and O–H groups in total. The summed E-state index contributed by atoms with van der Waals surface area (Å²) >= 11 is 0. The molecular formula is C20H18FN5O2. The Kier molecular flexibility index (Phi) is 4.96. The fourth-order valence-electron chi connectivity index (χ4n) is 2.98. The predicted molar refractivity (Wildman–Crippen MR) is 103 cm³/mol. The van der Waals surface area contributed by atoms with Crippen molar-refractivity contribution in [1.82, 2.24) is 19.4 Å². The fourth-order valence-corrected chi connectivity index (χ4v) is 2.98. The number of halogens is 1. The molecule has 142 valence electrons. The van der Waals surface area contributed by atoms with Crippen molar-refractivity contribution in [2.75, 3.05) is 18.5 Å². The lowest BCUT2D eigenvalue weighted by Crippen LogP contribution is -2.09. The van der Waals surface area contributed by atoms with Gasteiger partial charge in [-0.3, -0.25) is 4.40 Å². The molecule has 0 aliphatic rings. The third kappa shape index (κ3) is 3.42. The highest BCUT2D eigenvalue weighted by atomic mass is 19.1. The van der Waals surface area contributed by atoms with E-state index < -0.39 is 0 Å². The van der Waals surface area contributed by atoms with Gasteiger partial charge in [0.2, 0.25) is 5.95 Å². The molecule has 0 radical (unpaired) electrons. The van der Waals surface area contributed by atoms with Crippen LogP contribution in [0, 0.1) is 5.82 Å². The molecule has 0 fully saturated rings. The maximum absolute atomic E-state index is 13.4. The normalized spacial score (nSPS) is 11.1. The molecule has 0 aliphatic carbocycles. The number of hydrogen-bond donors (Lipinski definition) is 3. The first-order valence-electron chi connectivity index (χ1n) is 8.75. The standard InChI is InChI=1S/C20H18FN5O2/c21-15-3-1-14(2-4-15)18-19(16-5-7-22-20(24-16)23-8-10-27)26-9-6-13(12-28)11-17(26)25-18/h1-7,9,11,27-28H,8,10,12H2,(H,22,23,24). The van der Waals surface area contributed by atoms with Gasteiger partial charge in [0.25, 0.3) is 0 Å². The SMILES string of the molecule is OCCNc1nccc(-c2c(-c3ccc(F)cc3)nc3cc(CO)ccn23)n1. The molecule has 0 saturated carbocycles. The first kappa shape index (κ1) is 18.0. The number of pyridine rings is 1. The highest BCUT2D eigenvalue weighted by Crippen LogP contribution is 2.32. The van der Waals surface area contributed by atoms with Crippen LogP contribution in [0.1, 0.15) is 5.56 Å². The monoisotopic (exact) mass is 379 g/mol. The van der Waals surface area contributed by atoms with E-state index in [1.807, 2.05) is 10.6 Å². The van der Waals surface area contributed by atoms with Crippen molar-refractivity contribution < 1.29 is 14.6 Å². The van der Waals surface area contributed by atoms with E-state index >= 15 is 0 Å². The van der Waals surface area contributed by atoms with E-state index in [4.69, 9.17) is 10.1 Å². The molecule has 0 amide bonds. The Morgan fingerprint density at radius 1 is 1.04 bits per heavy atom. The molecule has 0 atom stereocenters. The zero-order chi connectivity index (χ0) is 19.5. The van der Waals surface area contributed by atoms with Gasteiger partial charge in [-0.05, 0) is 48.0 Å². The summed E-state index contributed by atoms with van der Waals surface area (Å²) in [4.78, 5) is 13.4. The second-order valence-electron chi connectivity index (χ2n) is 6.15. The van der Waals surface area contributed by atoms with Gasteiger partial charge in [-0.25, -0.2) is 19.3 Å². The van der Waals surface area contributed by atoms with Crippen LogP contribution in [0.3, 0.4) is 0 Å². The van der Waals surface area contributed by atoms with E-state index in [0.29, 0.717) is 29.5 Å². The van der Waals surface area contributed by atoms with Gasteiger partial charge in [0.1, 0.15) is 11.5 Å². The second-order valence-corrected chi connectivity index (χ2v) is 6.15. The summed E-state index contributed by atoms with van der Waals surface area (Å²) in [6.45, 7) is 0.211. The molecular weight excluding hydrogens is 361 g/mol. The maximum Gasteiger partial charge on any atom is 0.223 e. The van der Waals surface area contributed by atoms with Crippen molar-refractivity contribution in [3.63, 3.8) is 0 Å². The molecule has 0 spiro atoms. The third-order valence-electron chi connectivity index (χ3n) is 4.28. The van der Waals surface area contributed by atoms with Crippen molar-refractivity contribution in [1.29, 1.82) is 0 Å². The van der Waals surface area contributed by atoms with Gasteiger partial charge in [0.05, 0.1) is 30.3 Å².